The summed E-state index contributed by atoms with van der Waals surface area (Å²) in [7, 11) is 0. The van der Waals surface area contributed by atoms with Crippen molar-refractivity contribution in [3.8, 4) is 17.1 Å². The van der Waals surface area contributed by atoms with E-state index in [1.807, 2.05) is 0 Å². The van der Waals surface area contributed by atoms with Crippen molar-refractivity contribution in [3.05, 3.63) is 118 Å². The molecule has 4 aromatic rings. The first kappa shape index (κ1) is 24.0. The van der Waals surface area contributed by atoms with Crippen molar-refractivity contribution in [3.63, 3.8) is 0 Å². The molecule has 0 bridgehead atoms. The lowest BCUT2D eigenvalue weighted by atomic mass is 9.65. The Morgan fingerprint density at radius 3 is 2.65 bits per heavy atom. The van der Waals surface area contributed by atoms with Crippen molar-refractivity contribution >= 4 is 39.8 Å². The molecule has 3 unspecified atom stereocenters. The lowest BCUT2D eigenvalue weighted by Gasteiger charge is -2.40. The average molecular weight is 556 g/mol. The summed E-state index contributed by atoms with van der Waals surface area (Å²) < 4.78 is 2.37. The summed E-state index contributed by atoms with van der Waals surface area (Å²) >= 11 is 0. The number of nitrogens with zero attached hydrogens (tertiary/aromatic N) is 3. The molecule has 0 saturated heterocycles. The van der Waals surface area contributed by atoms with Crippen LogP contribution in [0, 0.1) is 17.3 Å². The Labute approximate surface area is 251 Å². The Morgan fingerprint density at radius 2 is 1.74 bits per heavy atom. The standard InChI is InChI=1S/C40H33N3/c1-22-17-19-28-30(21-22)40(2,3)29-14-8-15-31-36(29)38(28)42-39(41-31)43-32-16-7-13-27-25-11-5-4-10-24(25)26-12-6-9-23-18-20-33(43)37(34(23)26)35(27)32/h4-7,9-13,15-20,22-23,34H,8,14,21H2,1-3H3. The third-order valence-electron chi connectivity index (χ3n) is 11.1. The molecule has 2 aromatic heterocycles. The highest BCUT2D eigenvalue weighted by molar-refractivity contribution is 6.08. The summed E-state index contributed by atoms with van der Waals surface area (Å²) in [5.74, 6) is 1.96. The predicted molar refractivity (Wildman–Crippen MR) is 177 cm³/mol. The van der Waals surface area contributed by atoms with Crippen LogP contribution < -0.4 is 10.6 Å². The van der Waals surface area contributed by atoms with Gasteiger partial charge in [-0.25, -0.2) is 9.97 Å². The van der Waals surface area contributed by atoms with Gasteiger partial charge in [0.1, 0.15) is 0 Å². The fourth-order valence-corrected chi connectivity index (χ4v) is 9.14. The third-order valence-corrected chi connectivity index (χ3v) is 11.1. The van der Waals surface area contributed by atoms with Crippen molar-refractivity contribution in [1.29, 1.82) is 0 Å². The maximum Gasteiger partial charge on any atom is 0.235 e. The quantitative estimate of drug-likeness (QED) is 0.239. The van der Waals surface area contributed by atoms with Gasteiger partial charge in [-0.15, -0.1) is 0 Å². The SMILES string of the molecule is CC1C=CC2=C(C1)C(C)(C)C1=c3c2nc(-n2c4c5c6c(cccc62)-c2ccccc2C2=CC=CC(C=C4)C25)nc3=CCC1. The molecule has 10 rings (SSSR count). The zero-order chi connectivity index (χ0) is 28.6. The van der Waals surface area contributed by atoms with E-state index < -0.39 is 0 Å². The second-order valence-corrected chi connectivity index (χ2v) is 13.7. The van der Waals surface area contributed by atoms with Gasteiger partial charge >= 0.3 is 0 Å². The number of benzene rings is 2. The van der Waals surface area contributed by atoms with E-state index in [0.717, 1.165) is 36.3 Å². The lowest BCUT2D eigenvalue weighted by molar-refractivity contribution is 0.515. The van der Waals surface area contributed by atoms with E-state index in [1.54, 1.807) is 5.57 Å². The van der Waals surface area contributed by atoms with Crippen molar-refractivity contribution < 1.29 is 0 Å². The molecular formula is C40H33N3. The van der Waals surface area contributed by atoms with Gasteiger partial charge < -0.3 is 0 Å². The van der Waals surface area contributed by atoms with Crippen LogP contribution in [0.15, 0.2) is 84.5 Å². The highest BCUT2D eigenvalue weighted by atomic mass is 15.2. The van der Waals surface area contributed by atoms with Crippen LogP contribution in [-0.4, -0.2) is 14.5 Å². The topological polar surface area (TPSA) is 30.7 Å². The molecule has 3 heteroatoms. The van der Waals surface area contributed by atoms with E-state index in [4.69, 9.17) is 9.97 Å². The van der Waals surface area contributed by atoms with Crippen LogP contribution >= 0.6 is 0 Å². The largest absolute Gasteiger partial charge is 0.278 e. The molecule has 6 aliphatic carbocycles. The minimum absolute atomic E-state index is 0.0306. The summed E-state index contributed by atoms with van der Waals surface area (Å²) in [4.78, 5) is 10.9. The Bertz CT molecular complexity index is 2260. The molecule has 6 aliphatic rings. The highest BCUT2D eigenvalue weighted by Gasteiger charge is 2.40. The predicted octanol–water partition coefficient (Wildman–Crippen LogP) is 7.90. The molecular weight excluding hydrogens is 522 g/mol. The van der Waals surface area contributed by atoms with Crippen LogP contribution in [-0.2, 0) is 0 Å². The van der Waals surface area contributed by atoms with E-state index in [2.05, 4.69) is 116 Å². The first-order valence-electron chi connectivity index (χ1n) is 15.9. The highest BCUT2D eigenvalue weighted by Crippen LogP contribution is 2.55. The minimum atomic E-state index is 0.0306. The van der Waals surface area contributed by atoms with Gasteiger partial charge in [-0.05, 0) is 70.7 Å². The van der Waals surface area contributed by atoms with Gasteiger partial charge in [0.15, 0.2) is 0 Å². The second-order valence-electron chi connectivity index (χ2n) is 13.7. The maximum atomic E-state index is 5.54. The normalized spacial score (nSPS) is 24.7. The molecule has 43 heavy (non-hydrogen) atoms. The summed E-state index contributed by atoms with van der Waals surface area (Å²) in [5, 5.41) is 3.75. The number of hydrogen-bond acceptors (Lipinski definition) is 2. The lowest BCUT2D eigenvalue weighted by Crippen LogP contribution is -2.44. The van der Waals surface area contributed by atoms with Crippen molar-refractivity contribution in [1.82, 2.24) is 14.5 Å². The monoisotopic (exact) mass is 555 g/mol. The molecule has 0 radical (unpaired) electrons. The van der Waals surface area contributed by atoms with Gasteiger partial charge in [-0.2, -0.15) is 0 Å². The van der Waals surface area contributed by atoms with Crippen molar-refractivity contribution in [2.45, 2.75) is 46.0 Å². The molecule has 0 amide bonds. The third kappa shape index (κ3) is 2.95. The molecule has 0 fully saturated rings. The van der Waals surface area contributed by atoms with Gasteiger partial charge in [0.05, 0.1) is 22.3 Å². The van der Waals surface area contributed by atoms with Gasteiger partial charge in [0.25, 0.3) is 0 Å². The Hall–Kier alpha value is -4.50. The van der Waals surface area contributed by atoms with E-state index in [9.17, 15) is 0 Å². The van der Waals surface area contributed by atoms with E-state index >= 15 is 0 Å². The van der Waals surface area contributed by atoms with Gasteiger partial charge in [-0.3, -0.25) is 4.57 Å². The van der Waals surface area contributed by atoms with Crippen LogP contribution in [0.2, 0.25) is 0 Å². The Balaban J connectivity index is 1.33. The van der Waals surface area contributed by atoms with E-state index in [-0.39, 0.29) is 11.3 Å². The average Bonchev–Trinajstić information content (AvgIpc) is 3.31. The number of allylic oxidation sites excluding steroid dienone is 9. The molecule has 0 saturated carbocycles. The molecule has 3 atom stereocenters. The molecule has 0 spiro atoms. The summed E-state index contributed by atoms with van der Waals surface area (Å²) in [6.45, 7) is 7.19. The number of rotatable bonds is 1. The van der Waals surface area contributed by atoms with Gasteiger partial charge in [0.2, 0.25) is 5.95 Å². The molecule has 3 nitrogen and oxygen atoms in total. The zero-order valence-electron chi connectivity index (χ0n) is 24.9. The molecule has 2 aromatic carbocycles. The summed E-state index contributed by atoms with van der Waals surface area (Å²) in [6, 6.07) is 15.8. The zero-order valence-corrected chi connectivity index (χ0v) is 24.9. The van der Waals surface area contributed by atoms with Crippen LogP contribution in [0.3, 0.4) is 0 Å². The van der Waals surface area contributed by atoms with Crippen LogP contribution in [0.25, 0.3) is 56.8 Å². The number of hydrogen-bond donors (Lipinski definition) is 0. The molecule has 2 heterocycles. The fourth-order valence-electron chi connectivity index (χ4n) is 9.14. The smallest absolute Gasteiger partial charge is 0.235 e. The second kappa shape index (κ2) is 8.11. The minimum Gasteiger partial charge on any atom is -0.278 e. The molecule has 208 valence electrons. The van der Waals surface area contributed by atoms with E-state index in [1.165, 1.54) is 60.8 Å². The number of aromatic nitrogens is 3. The Morgan fingerprint density at radius 1 is 0.884 bits per heavy atom. The first-order chi connectivity index (χ1) is 21.0. The summed E-state index contributed by atoms with van der Waals surface area (Å²) in [6.07, 6.45) is 22.0. The van der Waals surface area contributed by atoms with Crippen molar-refractivity contribution in [2.75, 3.05) is 0 Å². The van der Waals surface area contributed by atoms with Crippen LogP contribution in [0.1, 0.15) is 68.5 Å². The van der Waals surface area contributed by atoms with Crippen molar-refractivity contribution in [2.24, 2.45) is 17.3 Å². The van der Waals surface area contributed by atoms with Crippen LogP contribution in [0.5, 0.6) is 0 Å². The number of fused-ring (bicyclic) bond motifs is 4. The maximum absolute atomic E-state index is 5.54. The van der Waals surface area contributed by atoms with Crippen LogP contribution in [0.4, 0.5) is 0 Å². The van der Waals surface area contributed by atoms with E-state index in [0.29, 0.717) is 11.8 Å². The summed E-state index contributed by atoms with van der Waals surface area (Å²) in [5.41, 5.74) is 14.8. The fraction of sp³-hybridized carbons (Fsp3) is 0.250. The Kier molecular flexibility index (Phi) is 4.52. The molecule has 0 aliphatic heterocycles. The first-order valence-corrected chi connectivity index (χ1v) is 15.9. The van der Waals surface area contributed by atoms with Gasteiger partial charge in [-0.1, -0.05) is 105 Å². The molecule has 0 N–H and O–H groups in total. The van der Waals surface area contributed by atoms with Gasteiger partial charge in [0, 0.05) is 33.4 Å².